The summed E-state index contributed by atoms with van der Waals surface area (Å²) in [5, 5.41) is 9.91. The van der Waals surface area contributed by atoms with Crippen LogP contribution in [-0.2, 0) is 0 Å². The van der Waals surface area contributed by atoms with Crippen molar-refractivity contribution in [2.24, 2.45) is 5.92 Å². The van der Waals surface area contributed by atoms with Crippen molar-refractivity contribution < 1.29 is 5.11 Å². The fourth-order valence-electron chi connectivity index (χ4n) is 3.27. The normalized spacial score (nSPS) is 39.2. The molecular formula is C13H25NO. The highest BCUT2D eigenvalue weighted by Crippen LogP contribution is 2.28. The molecule has 1 aliphatic carbocycles. The summed E-state index contributed by atoms with van der Waals surface area (Å²) in [7, 11) is 0. The van der Waals surface area contributed by atoms with Gasteiger partial charge in [-0.15, -0.1) is 0 Å². The summed E-state index contributed by atoms with van der Waals surface area (Å²) in [5.74, 6) is 0.938. The van der Waals surface area contributed by atoms with Crippen LogP contribution >= 0.6 is 0 Å². The van der Waals surface area contributed by atoms with Crippen LogP contribution in [0.15, 0.2) is 0 Å². The molecule has 1 saturated heterocycles. The van der Waals surface area contributed by atoms with Crippen LogP contribution in [0.1, 0.15) is 51.9 Å². The van der Waals surface area contributed by atoms with Crippen molar-refractivity contribution in [3.05, 3.63) is 0 Å². The highest BCUT2D eigenvalue weighted by Gasteiger charge is 2.31. The van der Waals surface area contributed by atoms with Gasteiger partial charge in [-0.05, 0) is 57.5 Å². The van der Waals surface area contributed by atoms with Crippen molar-refractivity contribution in [1.29, 1.82) is 0 Å². The summed E-state index contributed by atoms with van der Waals surface area (Å²) >= 11 is 0. The quantitative estimate of drug-likeness (QED) is 0.758. The van der Waals surface area contributed by atoms with E-state index < -0.39 is 0 Å². The number of nitrogens with zero attached hydrogens (tertiary/aromatic N) is 1. The maximum Gasteiger partial charge on any atom is 0.0695 e. The predicted molar refractivity (Wildman–Crippen MR) is 62.9 cm³/mol. The molecule has 0 aromatic heterocycles. The Kier molecular flexibility index (Phi) is 4.04. The number of hydrogen-bond donors (Lipinski definition) is 1. The molecule has 0 bridgehead atoms. The lowest BCUT2D eigenvalue weighted by atomic mass is 9.98. The SMILES string of the molecule is CCC1CCCN([C@@H]2CCC[C@H]2O)CC1. The summed E-state index contributed by atoms with van der Waals surface area (Å²) in [6.07, 6.45) is 8.84. The molecule has 1 N–H and O–H groups in total. The molecule has 2 rings (SSSR count). The van der Waals surface area contributed by atoms with Gasteiger partial charge in [0.1, 0.15) is 0 Å². The number of hydrogen-bond acceptors (Lipinski definition) is 2. The Bertz CT molecular complexity index is 195. The molecule has 0 spiro atoms. The third-order valence-corrected chi connectivity index (χ3v) is 4.37. The Hall–Kier alpha value is -0.0800. The van der Waals surface area contributed by atoms with Crippen molar-refractivity contribution >= 4 is 0 Å². The smallest absolute Gasteiger partial charge is 0.0695 e. The molecule has 1 heterocycles. The van der Waals surface area contributed by atoms with Crippen LogP contribution in [-0.4, -0.2) is 35.2 Å². The Morgan fingerprint density at radius 1 is 1.07 bits per heavy atom. The van der Waals surface area contributed by atoms with Gasteiger partial charge in [-0.3, -0.25) is 4.90 Å². The number of rotatable bonds is 2. The summed E-state index contributed by atoms with van der Waals surface area (Å²) in [6, 6.07) is 0.487. The highest BCUT2D eigenvalue weighted by atomic mass is 16.3. The van der Waals surface area contributed by atoms with Crippen LogP contribution in [0.25, 0.3) is 0 Å². The molecule has 88 valence electrons. The second-order valence-electron chi connectivity index (χ2n) is 5.31. The summed E-state index contributed by atoms with van der Waals surface area (Å²) in [5.41, 5.74) is 0. The Morgan fingerprint density at radius 2 is 1.93 bits per heavy atom. The van der Waals surface area contributed by atoms with E-state index in [0.29, 0.717) is 6.04 Å². The van der Waals surface area contributed by atoms with E-state index in [4.69, 9.17) is 0 Å². The molecule has 0 aromatic rings. The molecule has 0 amide bonds. The van der Waals surface area contributed by atoms with E-state index in [9.17, 15) is 5.11 Å². The van der Waals surface area contributed by atoms with Gasteiger partial charge >= 0.3 is 0 Å². The molecule has 2 heteroatoms. The first kappa shape index (κ1) is 11.4. The largest absolute Gasteiger partial charge is 0.391 e. The van der Waals surface area contributed by atoms with Gasteiger partial charge in [0.25, 0.3) is 0 Å². The van der Waals surface area contributed by atoms with E-state index in [0.717, 1.165) is 12.3 Å². The van der Waals surface area contributed by atoms with Crippen LogP contribution in [0.4, 0.5) is 0 Å². The fraction of sp³-hybridized carbons (Fsp3) is 1.00. The molecular weight excluding hydrogens is 186 g/mol. The predicted octanol–water partition coefficient (Wildman–Crippen LogP) is 2.41. The maximum absolute atomic E-state index is 9.91. The standard InChI is InChI=1S/C13H25NO/c1-2-11-5-4-9-14(10-8-11)12-6-3-7-13(12)15/h11-13,15H,2-10H2,1H3/t11?,12-,13-/m1/s1. The van der Waals surface area contributed by atoms with Crippen LogP contribution in [0.5, 0.6) is 0 Å². The average molecular weight is 211 g/mol. The molecule has 1 aliphatic heterocycles. The van der Waals surface area contributed by atoms with Gasteiger partial charge in [0, 0.05) is 6.04 Å². The molecule has 2 fully saturated rings. The van der Waals surface area contributed by atoms with Crippen molar-refractivity contribution in [3.8, 4) is 0 Å². The molecule has 1 unspecified atom stereocenters. The first-order chi connectivity index (χ1) is 7.31. The highest BCUT2D eigenvalue weighted by molar-refractivity contribution is 4.86. The number of aliphatic hydroxyl groups excluding tert-OH is 1. The maximum atomic E-state index is 9.91. The Labute approximate surface area is 93.7 Å². The van der Waals surface area contributed by atoms with Gasteiger partial charge in [-0.25, -0.2) is 0 Å². The lowest BCUT2D eigenvalue weighted by molar-refractivity contribution is 0.0721. The van der Waals surface area contributed by atoms with Crippen LogP contribution in [0.2, 0.25) is 0 Å². The van der Waals surface area contributed by atoms with Gasteiger partial charge in [-0.2, -0.15) is 0 Å². The number of aliphatic hydroxyl groups is 1. The fourth-order valence-corrected chi connectivity index (χ4v) is 3.27. The third kappa shape index (κ3) is 2.73. The zero-order valence-corrected chi connectivity index (χ0v) is 9.99. The van der Waals surface area contributed by atoms with E-state index in [1.54, 1.807) is 0 Å². The van der Waals surface area contributed by atoms with Gasteiger partial charge < -0.3 is 5.11 Å². The van der Waals surface area contributed by atoms with Gasteiger partial charge in [0.05, 0.1) is 6.10 Å². The van der Waals surface area contributed by atoms with Crippen LogP contribution in [0.3, 0.4) is 0 Å². The zero-order valence-electron chi connectivity index (χ0n) is 9.99. The van der Waals surface area contributed by atoms with Crippen molar-refractivity contribution in [1.82, 2.24) is 4.90 Å². The minimum atomic E-state index is -0.0387. The second-order valence-corrected chi connectivity index (χ2v) is 5.31. The van der Waals surface area contributed by atoms with E-state index in [-0.39, 0.29) is 6.10 Å². The van der Waals surface area contributed by atoms with Gasteiger partial charge in [-0.1, -0.05) is 13.3 Å². The topological polar surface area (TPSA) is 23.5 Å². The van der Waals surface area contributed by atoms with Gasteiger partial charge in [0.2, 0.25) is 0 Å². The monoisotopic (exact) mass is 211 g/mol. The zero-order chi connectivity index (χ0) is 10.7. The van der Waals surface area contributed by atoms with Crippen molar-refractivity contribution in [3.63, 3.8) is 0 Å². The molecule has 2 aliphatic rings. The molecule has 0 aromatic carbocycles. The lowest BCUT2D eigenvalue weighted by Gasteiger charge is -2.29. The third-order valence-electron chi connectivity index (χ3n) is 4.37. The molecule has 1 saturated carbocycles. The molecule has 0 radical (unpaired) electrons. The lowest BCUT2D eigenvalue weighted by Crippen LogP contribution is -2.41. The van der Waals surface area contributed by atoms with E-state index in [1.807, 2.05) is 0 Å². The Balaban J connectivity index is 1.87. The first-order valence-electron chi connectivity index (χ1n) is 6.73. The van der Waals surface area contributed by atoms with Crippen LogP contribution in [0, 0.1) is 5.92 Å². The summed E-state index contributed by atoms with van der Waals surface area (Å²) in [4.78, 5) is 2.56. The second kappa shape index (κ2) is 5.31. The molecule has 3 atom stereocenters. The summed E-state index contributed by atoms with van der Waals surface area (Å²) < 4.78 is 0. The molecule has 15 heavy (non-hydrogen) atoms. The van der Waals surface area contributed by atoms with Crippen LogP contribution < -0.4 is 0 Å². The minimum absolute atomic E-state index is 0.0387. The summed E-state index contributed by atoms with van der Waals surface area (Å²) in [6.45, 7) is 4.75. The van der Waals surface area contributed by atoms with Gasteiger partial charge in [0.15, 0.2) is 0 Å². The van der Waals surface area contributed by atoms with E-state index >= 15 is 0 Å². The van der Waals surface area contributed by atoms with E-state index in [2.05, 4.69) is 11.8 Å². The minimum Gasteiger partial charge on any atom is -0.391 e. The molecule has 2 nitrogen and oxygen atoms in total. The van der Waals surface area contributed by atoms with Crippen molar-refractivity contribution in [2.45, 2.75) is 64.0 Å². The average Bonchev–Trinajstić information content (AvgIpc) is 2.54. The van der Waals surface area contributed by atoms with E-state index in [1.165, 1.54) is 51.6 Å². The Morgan fingerprint density at radius 3 is 2.60 bits per heavy atom. The number of likely N-dealkylation sites (tertiary alicyclic amines) is 1. The van der Waals surface area contributed by atoms with Crippen molar-refractivity contribution in [2.75, 3.05) is 13.1 Å². The first-order valence-corrected chi connectivity index (χ1v) is 6.73.